The van der Waals surface area contributed by atoms with E-state index in [-0.39, 0.29) is 38.1 Å². The Morgan fingerprint density at radius 3 is 1.84 bits per heavy atom. The summed E-state index contributed by atoms with van der Waals surface area (Å²) in [7, 11) is 3.63. The Labute approximate surface area is 418 Å². The van der Waals surface area contributed by atoms with Crippen LogP contribution in [0.4, 0.5) is 32.3 Å². The maximum absolute atomic E-state index is 13.8. The molecular formula is C48H50Br2F2N14O4. The first-order chi connectivity index (χ1) is 33.8. The number of halogens is 4. The van der Waals surface area contributed by atoms with Gasteiger partial charge in [0.1, 0.15) is 34.7 Å². The van der Waals surface area contributed by atoms with Crippen LogP contribution in [-0.2, 0) is 46.9 Å². The third-order valence-electron chi connectivity index (χ3n) is 11.1. The molecule has 0 unspecified atom stereocenters. The number of alkyl halides is 2. The van der Waals surface area contributed by atoms with Gasteiger partial charge in [-0.25, -0.2) is 28.7 Å². The number of fused-ring (bicyclic) bond motifs is 1. The van der Waals surface area contributed by atoms with Crippen LogP contribution < -0.4 is 16.0 Å². The number of H-pyrrole nitrogens is 1. The van der Waals surface area contributed by atoms with E-state index in [9.17, 15) is 28.6 Å². The summed E-state index contributed by atoms with van der Waals surface area (Å²) in [6.45, 7) is 4.78. The highest BCUT2D eigenvalue weighted by molar-refractivity contribution is 9.11. The van der Waals surface area contributed by atoms with Crippen LogP contribution in [0.1, 0.15) is 54.4 Å². The van der Waals surface area contributed by atoms with Crippen LogP contribution in [0.3, 0.4) is 0 Å². The van der Waals surface area contributed by atoms with E-state index in [4.69, 9.17) is 0 Å². The molecule has 0 atom stereocenters. The molecule has 0 bridgehead atoms. The third-order valence-corrected chi connectivity index (χ3v) is 13.0. The molecule has 70 heavy (non-hydrogen) atoms. The summed E-state index contributed by atoms with van der Waals surface area (Å²) in [5, 5.41) is 38.3. The molecule has 22 heteroatoms. The molecular weight excluding hydrogens is 1030 g/mol. The minimum Gasteiger partial charge on any atom is -0.392 e. The van der Waals surface area contributed by atoms with E-state index >= 15 is 0 Å². The number of anilines is 4. The van der Waals surface area contributed by atoms with Crippen LogP contribution in [-0.4, -0.2) is 93.2 Å². The fourth-order valence-corrected chi connectivity index (χ4v) is 7.41. The first kappa shape index (κ1) is 50.7. The summed E-state index contributed by atoms with van der Waals surface area (Å²) in [5.74, 6) is 1.02. The molecule has 0 fully saturated rings. The number of benzene rings is 2. The van der Waals surface area contributed by atoms with Gasteiger partial charge in [0.2, 0.25) is 11.9 Å². The monoisotopic (exact) mass is 1080 g/mol. The number of hydrogen-bond donors (Lipinski definition) is 6. The number of aromatic amines is 1. The topological polar surface area (TPSA) is 222 Å². The molecule has 2 aromatic carbocycles. The second-order valence-electron chi connectivity index (χ2n) is 15.9. The lowest BCUT2D eigenvalue weighted by Gasteiger charge is -2.29. The second-order valence-corrected chi connectivity index (χ2v) is 17.5. The van der Waals surface area contributed by atoms with E-state index in [0.717, 1.165) is 50.2 Å². The minimum atomic E-state index is -0.427. The van der Waals surface area contributed by atoms with E-state index in [2.05, 4.69) is 82.9 Å². The Balaban J connectivity index is 0.000000192. The third kappa shape index (κ3) is 12.4. The Morgan fingerprint density at radius 2 is 1.30 bits per heavy atom. The molecule has 7 heterocycles. The Bertz CT molecular complexity index is 3100. The van der Waals surface area contributed by atoms with E-state index in [0.29, 0.717) is 64.3 Å². The number of rotatable bonds is 14. The fraction of sp³-hybridized carbons (Fsp3) is 0.250. The summed E-state index contributed by atoms with van der Waals surface area (Å²) in [6.07, 6.45) is 10.4. The van der Waals surface area contributed by atoms with Gasteiger partial charge in [-0.1, -0.05) is 44.0 Å². The smallest absolute Gasteiger partial charge is 0.270 e. The van der Waals surface area contributed by atoms with Crippen molar-refractivity contribution in [3.8, 4) is 22.5 Å². The van der Waals surface area contributed by atoms with E-state index < -0.39 is 11.6 Å². The summed E-state index contributed by atoms with van der Waals surface area (Å²) < 4.78 is 32.6. The van der Waals surface area contributed by atoms with Crippen molar-refractivity contribution in [3.05, 3.63) is 154 Å². The van der Waals surface area contributed by atoms with Crippen molar-refractivity contribution in [2.75, 3.05) is 27.8 Å². The van der Waals surface area contributed by atoms with Crippen molar-refractivity contribution in [3.63, 3.8) is 0 Å². The molecule has 18 nitrogen and oxygen atoms in total. The molecule has 0 spiro atoms. The van der Waals surface area contributed by atoms with Crippen LogP contribution in [0.15, 0.2) is 97.8 Å². The highest BCUT2D eigenvalue weighted by Crippen LogP contribution is 2.29. The maximum Gasteiger partial charge on any atom is 0.270 e. The Hall–Kier alpha value is -7.14. The number of aliphatic hydroxyl groups is 2. The molecule has 9 rings (SSSR count). The van der Waals surface area contributed by atoms with Crippen LogP contribution in [0.25, 0.3) is 22.5 Å². The van der Waals surface area contributed by atoms with Crippen LogP contribution in [0, 0.1) is 25.5 Å². The number of nitrogens with zero attached hydrogens (tertiary/aromatic N) is 10. The molecule has 0 saturated heterocycles. The van der Waals surface area contributed by atoms with Gasteiger partial charge in [-0.2, -0.15) is 10.2 Å². The summed E-state index contributed by atoms with van der Waals surface area (Å²) in [4.78, 5) is 48.4. The van der Waals surface area contributed by atoms with Crippen LogP contribution in [0.2, 0.25) is 0 Å². The SMILES string of the molecule is BrCCBr.Cc1cnc(Nc2ccnn2C)nc1-c1c[nH]c(C(=O)NCc2cc(F)ccc2CO)c1.Cc1cnc(Nc2ccnn2C)nc1-c1cc2n(c1)CCN(Cc1cc(F)ccc1CO)C2=O. The first-order valence-electron chi connectivity index (χ1n) is 21.8. The molecule has 0 radical (unpaired) electrons. The number of aliphatic hydroxyl groups excluding tert-OH is 2. The molecule has 0 saturated carbocycles. The number of aryl methyl sites for hydroxylation is 4. The zero-order valence-corrected chi connectivity index (χ0v) is 41.8. The minimum absolute atomic E-state index is 0.0894. The van der Waals surface area contributed by atoms with Gasteiger partial charge in [-0.3, -0.25) is 19.0 Å². The molecule has 2 amide bonds. The van der Waals surface area contributed by atoms with E-state index in [1.807, 2.05) is 56.9 Å². The van der Waals surface area contributed by atoms with Gasteiger partial charge >= 0.3 is 0 Å². The average molecular weight is 1080 g/mol. The van der Waals surface area contributed by atoms with Gasteiger partial charge in [0.05, 0.1) is 37.0 Å². The first-order valence-corrected chi connectivity index (χ1v) is 24.1. The lowest BCUT2D eigenvalue weighted by atomic mass is 10.1. The van der Waals surface area contributed by atoms with E-state index in [1.165, 1.54) is 30.3 Å². The van der Waals surface area contributed by atoms with Gasteiger partial charge in [-0.15, -0.1) is 0 Å². The van der Waals surface area contributed by atoms with E-state index in [1.54, 1.807) is 57.4 Å². The maximum atomic E-state index is 13.8. The molecule has 6 N–H and O–H groups in total. The predicted octanol–water partition coefficient (Wildman–Crippen LogP) is 7.61. The lowest BCUT2D eigenvalue weighted by molar-refractivity contribution is 0.0689. The van der Waals surface area contributed by atoms with Crippen molar-refractivity contribution in [1.29, 1.82) is 0 Å². The second kappa shape index (κ2) is 23.4. The summed E-state index contributed by atoms with van der Waals surface area (Å²) in [6, 6.07) is 15.5. The number of carbonyl (C=O) groups is 2. The molecule has 364 valence electrons. The number of nitrogens with one attached hydrogen (secondary N) is 4. The normalized spacial score (nSPS) is 11.9. The van der Waals surface area contributed by atoms with Crippen molar-refractivity contribution in [2.45, 2.75) is 46.7 Å². The average Bonchev–Trinajstić information content (AvgIpc) is 4.20. The standard InChI is InChI=1S/C24H24FN7O2.C22H22FN7O2.C2H4Br2/c1-15-11-26-24(28-21-5-6-27-30(21)2)29-22(15)18-10-20-23(34)32(8-7-31(20)13-18)12-17-9-19(25)4-3-16(17)14-33;1-13-9-26-22(28-19-5-6-27-30(19)2)29-20(13)16-8-18(24-11-16)21(32)25-10-15-7-17(23)4-3-14(15)12-31;3-1-2-4/h3-6,9-11,13,33H,7-8,12,14H2,1-2H3,(H,26,28,29);3-9,11,24,31H,10,12H2,1-2H3,(H,25,32)(H,26,28,29);1-2H2. The molecule has 6 aromatic heterocycles. The van der Waals surface area contributed by atoms with Crippen LogP contribution >= 0.6 is 31.9 Å². The zero-order valence-electron chi connectivity index (χ0n) is 38.6. The van der Waals surface area contributed by atoms with Crippen molar-refractivity contribution in [1.82, 2.24) is 59.3 Å². The van der Waals surface area contributed by atoms with Gasteiger partial charge in [-0.05, 0) is 83.6 Å². The highest BCUT2D eigenvalue weighted by Gasteiger charge is 2.27. The molecule has 0 aliphatic carbocycles. The van der Waals surface area contributed by atoms with Gasteiger partial charge in [0.25, 0.3) is 11.8 Å². The largest absolute Gasteiger partial charge is 0.392 e. The van der Waals surface area contributed by atoms with Gasteiger partial charge in [0.15, 0.2) is 0 Å². The predicted molar refractivity (Wildman–Crippen MR) is 268 cm³/mol. The summed E-state index contributed by atoms with van der Waals surface area (Å²) >= 11 is 6.40. The number of carbonyl (C=O) groups excluding carboxylic acids is 2. The molecule has 1 aliphatic heterocycles. The number of hydrogen-bond acceptors (Lipinski definition) is 12. The number of amides is 2. The Kier molecular flexibility index (Phi) is 17.0. The van der Waals surface area contributed by atoms with Crippen molar-refractivity contribution >= 4 is 67.2 Å². The fourth-order valence-electron chi connectivity index (χ4n) is 7.41. The Morgan fingerprint density at radius 1 is 0.743 bits per heavy atom. The zero-order chi connectivity index (χ0) is 49.9. The van der Waals surface area contributed by atoms with Gasteiger partial charge < -0.3 is 40.6 Å². The highest BCUT2D eigenvalue weighted by atomic mass is 79.9. The van der Waals surface area contributed by atoms with Crippen molar-refractivity contribution < 1.29 is 28.6 Å². The lowest BCUT2D eigenvalue weighted by Crippen LogP contribution is -2.39. The summed E-state index contributed by atoms with van der Waals surface area (Å²) in [5.41, 5.74) is 7.85. The van der Waals surface area contributed by atoms with Crippen LogP contribution in [0.5, 0.6) is 0 Å². The number of aromatic nitrogens is 10. The van der Waals surface area contributed by atoms with Gasteiger partial charge in [0, 0.05) is 99.0 Å². The molecule has 8 aromatic rings. The molecule has 1 aliphatic rings. The van der Waals surface area contributed by atoms with Crippen molar-refractivity contribution in [2.24, 2.45) is 14.1 Å². The quantitative estimate of drug-likeness (QED) is 0.0580.